The molecule has 0 radical (unpaired) electrons. The van der Waals surface area contributed by atoms with E-state index in [0.29, 0.717) is 0 Å². The average molecular weight is 290 g/mol. The van der Waals surface area contributed by atoms with Gasteiger partial charge in [-0.15, -0.1) is 0 Å². The Bertz CT molecular complexity index is 303. The molecule has 108 valence electrons. The number of rotatable bonds is 8. The molecule has 0 saturated heterocycles. The van der Waals surface area contributed by atoms with Crippen LogP contribution in [0.15, 0.2) is 0 Å². The van der Waals surface area contributed by atoms with Gasteiger partial charge in [0.15, 0.2) is 6.29 Å². The summed E-state index contributed by atoms with van der Waals surface area (Å²) in [6.45, 7) is -1.02. The van der Waals surface area contributed by atoms with Gasteiger partial charge in [0.05, 0.1) is 6.61 Å². The lowest BCUT2D eigenvalue weighted by atomic mass is 10.0. The minimum Gasteiger partial charge on any atom is -0.388 e. The van der Waals surface area contributed by atoms with E-state index >= 15 is 0 Å². The summed E-state index contributed by atoms with van der Waals surface area (Å²) < 4.78 is 14.2. The van der Waals surface area contributed by atoms with Gasteiger partial charge in [-0.1, -0.05) is 0 Å². The molecule has 0 aliphatic carbocycles. The van der Waals surface area contributed by atoms with Crippen LogP contribution in [-0.2, 0) is 13.9 Å². The van der Waals surface area contributed by atoms with E-state index in [1.165, 1.54) is 0 Å². The number of phosphoric acid groups is 1. The lowest BCUT2D eigenvalue weighted by Gasteiger charge is -2.27. The number of hydrogen-bond donors (Lipinski definition) is 7. The van der Waals surface area contributed by atoms with E-state index in [-0.39, 0.29) is 6.29 Å². The highest BCUT2D eigenvalue weighted by molar-refractivity contribution is 7.46. The summed E-state index contributed by atoms with van der Waals surface area (Å²) in [5, 5.41) is 45.7. The molecule has 0 aromatic heterocycles. The number of carbonyl (C=O) groups excluding carboxylic acids is 1. The molecule has 0 fully saturated rings. The highest BCUT2D eigenvalue weighted by Gasteiger charge is 2.35. The van der Waals surface area contributed by atoms with Crippen molar-refractivity contribution in [3.63, 3.8) is 0 Å². The van der Waals surface area contributed by atoms with Crippen LogP contribution in [0.3, 0.4) is 0 Å². The van der Waals surface area contributed by atoms with Gasteiger partial charge in [-0.25, -0.2) is 4.57 Å². The van der Waals surface area contributed by atoms with Gasteiger partial charge in [-0.3, -0.25) is 4.52 Å². The Kier molecular flexibility index (Phi) is 7.07. The van der Waals surface area contributed by atoms with E-state index in [0.717, 1.165) is 0 Å². The summed E-state index contributed by atoms with van der Waals surface area (Å²) >= 11 is 0. The molecule has 7 N–H and O–H groups in total. The lowest BCUT2D eigenvalue weighted by Crippen LogP contribution is -2.50. The molecule has 0 aliphatic heterocycles. The van der Waals surface area contributed by atoms with Crippen molar-refractivity contribution in [2.24, 2.45) is 0 Å². The molecular weight excluding hydrogens is 275 g/mol. The van der Waals surface area contributed by atoms with Crippen molar-refractivity contribution in [3.8, 4) is 0 Å². The van der Waals surface area contributed by atoms with Crippen molar-refractivity contribution in [2.75, 3.05) is 6.61 Å². The minimum atomic E-state index is -4.86. The molecule has 1 unspecified atom stereocenters. The first kappa shape index (κ1) is 17.6. The Morgan fingerprint density at radius 3 is 1.89 bits per heavy atom. The summed E-state index contributed by atoms with van der Waals surface area (Å²) in [5.74, 6) is 0. The molecule has 0 heterocycles. The molecule has 0 amide bonds. The molecule has 0 saturated carbocycles. The smallest absolute Gasteiger partial charge is 0.388 e. The van der Waals surface area contributed by atoms with Crippen LogP contribution < -0.4 is 0 Å². The lowest BCUT2D eigenvalue weighted by molar-refractivity contribution is -0.147. The third-order valence-electron chi connectivity index (χ3n) is 2.00. The Labute approximate surface area is 101 Å². The SMILES string of the molecule is O=C[C@@H](O)[C@@H](O)[C@H](O)[C@H](O)C(O)COP(=O)(O)O. The summed E-state index contributed by atoms with van der Waals surface area (Å²) in [6, 6.07) is 0. The van der Waals surface area contributed by atoms with Gasteiger partial charge in [0.2, 0.25) is 0 Å². The third kappa shape index (κ3) is 5.96. The number of aliphatic hydroxyl groups excluding tert-OH is 5. The van der Waals surface area contributed by atoms with Crippen LogP contribution in [0, 0.1) is 0 Å². The molecule has 0 spiro atoms. The van der Waals surface area contributed by atoms with Gasteiger partial charge in [0.25, 0.3) is 0 Å². The van der Waals surface area contributed by atoms with Crippen LogP contribution in [0.5, 0.6) is 0 Å². The van der Waals surface area contributed by atoms with Crippen LogP contribution >= 0.6 is 7.82 Å². The van der Waals surface area contributed by atoms with Crippen molar-refractivity contribution in [3.05, 3.63) is 0 Å². The second-order valence-corrected chi connectivity index (χ2v) is 4.69. The summed E-state index contributed by atoms with van der Waals surface area (Å²) in [4.78, 5) is 26.7. The molecule has 0 rings (SSSR count). The second kappa shape index (κ2) is 7.24. The van der Waals surface area contributed by atoms with E-state index in [9.17, 15) is 24.7 Å². The maximum Gasteiger partial charge on any atom is 0.469 e. The molecule has 11 heteroatoms. The predicted molar refractivity (Wildman–Crippen MR) is 54.1 cm³/mol. The number of carbonyl (C=O) groups is 1. The molecule has 5 atom stereocenters. The monoisotopic (exact) mass is 290 g/mol. The largest absolute Gasteiger partial charge is 0.469 e. The molecule has 0 aliphatic rings. The van der Waals surface area contributed by atoms with E-state index in [1.807, 2.05) is 0 Å². The van der Waals surface area contributed by atoms with Gasteiger partial charge in [0.1, 0.15) is 30.5 Å². The topological polar surface area (TPSA) is 185 Å². The summed E-state index contributed by atoms with van der Waals surface area (Å²) in [6.07, 6.45) is -10.3. The first-order chi connectivity index (χ1) is 8.10. The minimum absolute atomic E-state index is 0.0981. The number of aldehydes is 1. The fraction of sp³-hybridized carbons (Fsp3) is 0.857. The molecule has 0 aromatic rings. The quantitative estimate of drug-likeness (QED) is 0.172. The van der Waals surface area contributed by atoms with Crippen molar-refractivity contribution in [1.29, 1.82) is 0 Å². The van der Waals surface area contributed by atoms with Crippen molar-refractivity contribution in [2.45, 2.75) is 30.5 Å². The zero-order chi connectivity index (χ0) is 14.5. The van der Waals surface area contributed by atoms with Gasteiger partial charge in [-0.2, -0.15) is 0 Å². The van der Waals surface area contributed by atoms with Gasteiger partial charge in [-0.05, 0) is 0 Å². The van der Waals surface area contributed by atoms with Crippen LogP contribution in [0.1, 0.15) is 0 Å². The van der Waals surface area contributed by atoms with Gasteiger partial charge >= 0.3 is 7.82 Å². The number of aliphatic hydroxyl groups is 5. The molecular formula is C7H15O10P. The highest BCUT2D eigenvalue weighted by Crippen LogP contribution is 2.35. The summed E-state index contributed by atoms with van der Waals surface area (Å²) in [7, 11) is -4.86. The van der Waals surface area contributed by atoms with E-state index in [2.05, 4.69) is 4.52 Å². The fourth-order valence-electron chi connectivity index (χ4n) is 0.984. The van der Waals surface area contributed by atoms with Crippen molar-refractivity contribution in [1.82, 2.24) is 0 Å². The first-order valence-corrected chi connectivity index (χ1v) is 6.19. The first-order valence-electron chi connectivity index (χ1n) is 4.66. The number of hydrogen-bond acceptors (Lipinski definition) is 8. The maximum absolute atomic E-state index is 10.3. The second-order valence-electron chi connectivity index (χ2n) is 3.45. The molecule has 0 aromatic carbocycles. The molecule has 10 nitrogen and oxygen atoms in total. The Morgan fingerprint density at radius 2 is 1.50 bits per heavy atom. The van der Waals surface area contributed by atoms with Crippen LogP contribution in [0.4, 0.5) is 0 Å². The third-order valence-corrected chi connectivity index (χ3v) is 2.48. The van der Waals surface area contributed by atoms with Crippen LogP contribution in [0.2, 0.25) is 0 Å². The van der Waals surface area contributed by atoms with Crippen molar-refractivity contribution < 1.29 is 49.2 Å². The average Bonchev–Trinajstić information content (AvgIpc) is 2.31. The van der Waals surface area contributed by atoms with E-state index < -0.39 is 44.9 Å². The van der Waals surface area contributed by atoms with Crippen molar-refractivity contribution >= 4 is 14.1 Å². The highest BCUT2D eigenvalue weighted by atomic mass is 31.2. The Hall–Kier alpha value is -0.420. The normalized spacial score (nSPS) is 20.8. The molecule has 18 heavy (non-hydrogen) atoms. The van der Waals surface area contributed by atoms with Crippen LogP contribution in [0.25, 0.3) is 0 Å². The Morgan fingerprint density at radius 1 is 1.00 bits per heavy atom. The number of phosphoric ester groups is 1. The fourth-order valence-corrected chi connectivity index (χ4v) is 1.33. The van der Waals surface area contributed by atoms with Gasteiger partial charge < -0.3 is 40.1 Å². The summed E-state index contributed by atoms with van der Waals surface area (Å²) in [5.41, 5.74) is 0. The molecule has 0 bridgehead atoms. The predicted octanol–water partition coefficient (Wildman–Crippen LogP) is -3.90. The van der Waals surface area contributed by atoms with E-state index in [4.69, 9.17) is 20.0 Å². The maximum atomic E-state index is 10.3. The zero-order valence-corrected chi connectivity index (χ0v) is 9.87. The van der Waals surface area contributed by atoms with E-state index in [1.54, 1.807) is 0 Å². The zero-order valence-electron chi connectivity index (χ0n) is 8.97. The standard InChI is InChI=1S/C7H15O10P/c8-1-3(9)5(11)7(13)6(12)4(10)2-17-18(14,15)16/h1,3-7,9-13H,2H2,(H2,14,15,16)/t3-,4?,5-,6-,7+/m1/s1. The van der Waals surface area contributed by atoms with Crippen LogP contribution in [-0.4, -0.2) is 78.7 Å². The Balaban J connectivity index is 4.40. The van der Waals surface area contributed by atoms with Gasteiger partial charge in [0, 0.05) is 0 Å².